The molecule has 1 aliphatic rings. The fourth-order valence-electron chi connectivity index (χ4n) is 3.32. The third-order valence-corrected chi connectivity index (χ3v) is 4.70. The van der Waals surface area contributed by atoms with Crippen LogP contribution in [0.15, 0.2) is 30.3 Å². The first-order chi connectivity index (χ1) is 12.5. The van der Waals surface area contributed by atoms with Gasteiger partial charge in [0.2, 0.25) is 0 Å². The topological polar surface area (TPSA) is 63.5 Å². The highest BCUT2D eigenvalue weighted by Gasteiger charge is 2.28. The highest BCUT2D eigenvalue weighted by atomic mass is 16.5. The van der Waals surface area contributed by atoms with Crippen LogP contribution in [0.4, 0.5) is 0 Å². The molecule has 0 aliphatic carbocycles. The maximum absolute atomic E-state index is 12.5. The molecular formula is C19H27N5O2. The highest BCUT2D eigenvalue weighted by Crippen LogP contribution is 2.26. The predicted molar refractivity (Wildman–Crippen MR) is 98.9 cm³/mol. The summed E-state index contributed by atoms with van der Waals surface area (Å²) < 4.78 is 7.67. The summed E-state index contributed by atoms with van der Waals surface area (Å²) in [6, 6.07) is 9.44. The molecule has 0 saturated carbocycles. The lowest BCUT2D eigenvalue weighted by atomic mass is 9.97. The van der Waals surface area contributed by atoms with E-state index in [1.807, 2.05) is 56.4 Å². The van der Waals surface area contributed by atoms with E-state index >= 15 is 0 Å². The lowest BCUT2D eigenvalue weighted by Gasteiger charge is -2.32. The summed E-state index contributed by atoms with van der Waals surface area (Å²) in [5.41, 5.74) is 0. The molecule has 0 N–H and O–H groups in total. The van der Waals surface area contributed by atoms with Crippen molar-refractivity contribution in [3.05, 3.63) is 42.0 Å². The predicted octanol–water partition coefficient (Wildman–Crippen LogP) is 1.66. The maximum atomic E-state index is 12.5. The van der Waals surface area contributed by atoms with Crippen LogP contribution in [0, 0.1) is 0 Å². The van der Waals surface area contributed by atoms with Crippen LogP contribution >= 0.6 is 0 Å². The second-order valence-corrected chi connectivity index (χ2v) is 7.05. The molecule has 0 radical (unpaired) electrons. The van der Waals surface area contributed by atoms with Crippen molar-refractivity contribution in [1.29, 1.82) is 0 Å². The summed E-state index contributed by atoms with van der Waals surface area (Å²) in [6.07, 6.45) is 1.99. The lowest BCUT2D eigenvalue weighted by molar-refractivity contribution is -0.134. The summed E-state index contributed by atoms with van der Waals surface area (Å²) in [4.78, 5) is 16.5. The molecule has 1 amide bonds. The minimum absolute atomic E-state index is 0.0224. The largest absolute Gasteiger partial charge is 0.484 e. The van der Waals surface area contributed by atoms with Crippen molar-refractivity contribution in [2.45, 2.75) is 25.3 Å². The summed E-state index contributed by atoms with van der Waals surface area (Å²) in [6.45, 7) is 2.27. The van der Waals surface area contributed by atoms with Crippen LogP contribution in [0.3, 0.4) is 0 Å². The molecule has 7 heteroatoms. The number of carbonyl (C=O) groups excluding carboxylic acids is 1. The number of hydrogen-bond acceptors (Lipinski definition) is 5. The van der Waals surface area contributed by atoms with Gasteiger partial charge in [-0.3, -0.25) is 4.79 Å². The van der Waals surface area contributed by atoms with E-state index in [-0.39, 0.29) is 18.4 Å². The Balaban J connectivity index is 1.60. The van der Waals surface area contributed by atoms with E-state index in [0.717, 1.165) is 43.3 Å². The average Bonchev–Trinajstić information content (AvgIpc) is 3.00. The zero-order valence-corrected chi connectivity index (χ0v) is 15.8. The maximum Gasteiger partial charge on any atom is 0.260 e. The Kier molecular flexibility index (Phi) is 5.88. The molecule has 0 unspecified atom stereocenters. The van der Waals surface area contributed by atoms with E-state index in [9.17, 15) is 4.79 Å². The van der Waals surface area contributed by atoms with E-state index in [2.05, 4.69) is 19.7 Å². The van der Waals surface area contributed by atoms with Crippen LogP contribution in [0.1, 0.15) is 30.4 Å². The number of piperidine rings is 1. The van der Waals surface area contributed by atoms with Gasteiger partial charge >= 0.3 is 0 Å². The number of hydrogen-bond donors (Lipinski definition) is 0. The minimum atomic E-state index is 0.0224. The molecule has 1 aliphatic heterocycles. The Morgan fingerprint density at radius 3 is 2.77 bits per heavy atom. The molecule has 2 heterocycles. The van der Waals surface area contributed by atoms with E-state index in [1.165, 1.54) is 0 Å². The molecule has 1 fully saturated rings. The zero-order valence-electron chi connectivity index (χ0n) is 15.8. The van der Waals surface area contributed by atoms with Gasteiger partial charge in [-0.2, -0.15) is 0 Å². The van der Waals surface area contributed by atoms with Gasteiger partial charge in [0.05, 0.1) is 6.54 Å². The number of rotatable bonds is 6. The Hall–Kier alpha value is -2.41. The van der Waals surface area contributed by atoms with Gasteiger partial charge in [0.1, 0.15) is 17.4 Å². The molecule has 0 bridgehead atoms. The first kappa shape index (κ1) is 18.4. The van der Waals surface area contributed by atoms with Crippen LogP contribution < -0.4 is 4.74 Å². The Bertz CT molecular complexity index is 729. The SMILES string of the molecule is CN(C)Cc1nnc([C@H]2CCCN(C(=O)COc3ccccc3)C2)n1C. The highest BCUT2D eigenvalue weighted by molar-refractivity contribution is 5.78. The number of likely N-dealkylation sites (tertiary alicyclic amines) is 1. The fraction of sp³-hybridized carbons (Fsp3) is 0.526. The summed E-state index contributed by atoms with van der Waals surface area (Å²) in [5.74, 6) is 2.87. The minimum Gasteiger partial charge on any atom is -0.484 e. The number of aromatic nitrogens is 3. The smallest absolute Gasteiger partial charge is 0.260 e. The molecule has 140 valence electrons. The van der Waals surface area contributed by atoms with Gasteiger partial charge in [0, 0.05) is 26.1 Å². The molecule has 2 aromatic rings. The number of nitrogens with zero attached hydrogens (tertiary/aromatic N) is 5. The molecule has 0 spiro atoms. The van der Waals surface area contributed by atoms with E-state index < -0.39 is 0 Å². The van der Waals surface area contributed by atoms with Crippen molar-refractivity contribution in [3.8, 4) is 5.75 Å². The number of benzene rings is 1. The Morgan fingerprint density at radius 1 is 1.27 bits per heavy atom. The van der Waals surface area contributed by atoms with Crippen LogP contribution in [0.25, 0.3) is 0 Å². The summed E-state index contributed by atoms with van der Waals surface area (Å²) >= 11 is 0. The zero-order chi connectivity index (χ0) is 18.5. The van der Waals surface area contributed by atoms with Crippen LogP contribution in [-0.2, 0) is 18.4 Å². The van der Waals surface area contributed by atoms with Crippen molar-refractivity contribution in [1.82, 2.24) is 24.6 Å². The van der Waals surface area contributed by atoms with Gasteiger partial charge in [0.15, 0.2) is 6.61 Å². The third kappa shape index (κ3) is 4.40. The van der Waals surface area contributed by atoms with Crippen molar-refractivity contribution in [3.63, 3.8) is 0 Å². The molecule has 1 saturated heterocycles. The normalized spacial score (nSPS) is 17.5. The van der Waals surface area contributed by atoms with Gasteiger partial charge in [-0.1, -0.05) is 18.2 Å². The van der Waals surface area contributed by atoms with E-state index in [1.54, 1.807) is 0 Å². The summed E-state index contributed by atoms with van der Waals surface area (Å²) in [7, 11) is 6.04. The first-order valence-corrected chi connectivity index (χ1v) is 9.03. The lowest BCUT2D eigenvalue weighted by Crippen LogP contribution is -2.42. The van der Waals surface area contributed by atoms with Gasteiger partial charge in [-0.15, -0.1) is 10.2 Å². The molecule has 1 aromatic carbocycles. The average molecular weight is 357 g/mol. The quantitative estimate of drug-likeness (QED) is 0.787. The molecular weight excluding hydrogens is 330 g/mol. The van der Waals surface area contributed by atoms with Crippen molar-refractivity contribution in [2.75, 3.05) is 33.8 Å². The molecule has 1 aromatic heterocycles. The number of amides is 1. The van der Waals surface area contributed by atoms with Crippen molar-refractivity contribution < 1.29 is 9.53 Å². The third-order valence-electron chi connectivity index (χ3n) is 4.70. The van der Waals surface area contributed by atoms with E-state index in [0.29, 0.717) is 6.54 Å². The molecule has 1 atom stereocenters. The molecule has 26 heavy (non-hydrogen) atoms. The second kappa shape index (κ2) is 8.31. The Labute approximate surface area is 154 Å². The van der Waals surface area contributed by atoms with Gasteiger partial charge in [-0.25, -0.2) is 0 Å². The number of ether oxygens (including phenoxy) is 1. The van der Waals surface area contributed by atoms with E-state index in [4.69, 9.17) is 4.74 Å². The standard InChI is InChI=1S/C19H27N5O2/c1-22(2)13-17-20-21-19(23(17)3)15-8-7-11-24(12-15)18(25)14-26-16-9-5-4-6-10-16/h4-6,9-10,15H,7-8,11-14H2,1-3H3/t15-/m0/s1. The number of para-hydroxylation sites is 1. The first-order valence-electron chi connectivity index (χ1n) is 9.03. The van der Waals surface area contributed by atoms with Crippen molar-refractivity contribution >= 4 is 5.91 Å². The van der Waals surface area contributed by atoms with Gasteiger partial charge in [0.25, 0.3) is 5.91 Å². The molecule has 3 rings (SSSR count). The monoisotopic (exact) mass is 357 g/mol. The van der Waals surface area contributed by atoms with Crippen LogP contribution in [0.2, 0.25) is 0 Å². The van der Waals surface area contributed by atoms with Crippen LogP contribution in [0.5, 0.6) is 5.75 Å². The van der Waals surface area contributed by atoms with Crippen molar-refractivity contribution in [2.24, 2.45) is 7.05 Å². The fourth-order valence-corrected chi connectivity index (χ4v) is 3.32. The second-order valence-electron chi connectivity index (χ2n) is 7.05. The molecule has 7 nitrogen and oxygen atoms in total. The summed E-state index contributed by atoms with van der Waals surface area (Å²) in [5, 5.41) is 8.72. The number of carbonyl (C=O) groups is 1. The van der Waals surface area contributed by atoms with Gasteiger partial charge < -0.3 is 19.1 Å². The van der Waals surface area contributed by atoms with Gasteiger partial charge in [-0.05, 0) is 39.1 Å². The van der Waals surface area contributed by atoms with Crippen LogP contribution in [-0.4, -0.2) is 64.3 Å². The Morgan fingerprint density at radius 2 is 2.04 bits per heavy atom.